The maximum atomic E-state index is 5.83. The highest BCUT2D eigenvalue weighted by atomic mass is 15.1. The Labute approximate surface area is 112 Å². The summed E-state index contributed by atoms with van der Waals surface area (Å²) in [6.07, 6.45) is 0.951. The Kier molecular flexibility index (Phi) is 5.67. The normalized spacial score (nSPS) is 13.1. The molecule has 0 bridgehead atoms. The Morgan fingerprint density at radius 2 is 1.56 bits per heavy atom. The van der Waals surface area contributed by atoms with Crippen molar-refractivity contribution < 1.29 is 0 Å². The summed E-state index contributed by atoms with van der Waals surface area (Å²) in [5.41, 5.74) is 8.46. The monoisotopic (exact) mass is 248 g/mol. The molecule has 0 fully saturated rings. The maximum Gasteiger partial charge on any atom is 0.0368 e. The summed E-state index contributed by atoms with van der Waals surface area (Å²) in [5.74, 6) is 0.677. The van der Waals surface area contributed by atoms with Crippen molar-refractivity contribution in [2.24, 2.45) is 11.7 Å². The molecule has 0 spiro atoms. The van der Waals surface area contributed by atoms with Crippen LogP contribution in [0.3, 0.4) is 0 Å². The van der Waals surface area contributed by atoms with E-state index in [4.69, 9.17) is 5.73 Å². The molecule has 0 saturated heterocycles. The fourth-order valence-electron chi connectivity index (χ4n) is 2.20. The van der Waals surface area contributed by atoms with Gasteiger partial charge in [0.15, 0.2) is 0 Å². The smallest absolute Gasteiger partial charge is 0.0368 e. The van der Waals surface area contributed by atoms with E-state index in [2.05, 4.69) is 56.9 Å². The van der Waals surface area contributed by atoms with Gasteiger partial charge in [-0.15, -0.1) is 0 Å². The van der Waals surface area contributed by atoms with Gasteiger partial charge in [-0.05, 0) is 50.8 Å². The van der Waals surface area contributed by atoms with Crippen molar-refractivity contribution in [1.29, 1.82) is 0 Å². The zero-order valence-electron chi connectivity index (χ0n) is 12.5. The van der Waals surface area contributed by atoms with Gasteiger partial charge in [-0.25, -0.2) is 0 Å². The average molecular weight is 248 g/mol. The number of benzene rings is 1. The lowest BCUT2D eigenvalue weighted by Gasteiger charge is -2.31. The molecule has 2 N–H and O–H groups in total. The third kappa shape index (κ3) is 4.69. The number of anilines is 1. The van der Waals surface area contributed by atoms with E-state index in [1.54, 1.807) is 0 Å². The van der Waals surface area contributed by atoms with Crippen molar-refractivity contribution in [2.45, 2.75) is 53.1 Å². The van der Waals surface area contributed by atoms with Gasteiger partial charge in [0.25, 0.3) is 0 Å². The Hall–Kier alpha value is -1.02. The van der Waals surface area contributed by atoms with Crippen LogP contribution in [0.15, 0.2) is 24.3 Å². The summed E-state index contributed by atoms with van der Waals surface area (Å²) in [6.45, 7) is 12.2. The van der Waals surface area contributed by atoms with Crippen LogP contribution < -0.4 is 10.6 Å². The van der Waals surface area contributed by atoms with Gasteiger partial charge in [0.1, 0.15) is 0 Å². The Balaban J connectivity index is 2.80. The molecular formula is C16H28N2. The van der Waals surface area contributed by atoms with E-state index >= 15 is 0 Å². The number of rotatable bonds is 6. The zero-order chi connectivity index (χ0) is 13.7. The van der Waals surface area contributed by atoms with Gasteiger partial charge in [0.2, 0.25) is 0 Å². The van der Waals surface area contributed by atoms with Crippen molar-refractivity contribution >= 4 is 5.69 Å². The van der Waals surface area contributed by atoms with Crippen LogP contribution in [0, 0.1) is 5.92 Å². The molecule has 1 aromatic carbocycles. The summed E-state index contributed by atoms with van der Waals surface area (Å²) in [5, 5.41) is 0. The first-order chi connectivity index (χ1) is 8.40. The molecule has 2 nitrogen and oxygen atoms in total. The Morgan fingerprint density at radius 3 is 1.94 bits per heavy atom. The third-order valence-electron chi connectivity index (χ3n) is 3.01. The van der Waals surface area contributed by atoms with Crippen molar-refractivity contribution in [3.63, 3.8) is 0 Å². The lowest BCUT2D eigenvalue weighted by Crippen LogP contribution is -2.34. The first-order valence-corrected chi connectivity index (χ1v) is 7.01. The molecular weight excluding hydrogens is 220 g/mol. The Morgan fingerprint density at radius 1 is 1.00 bits per heavy atom. The number of nitrogens with two attached hydrogens (primary N) is 1. The molecule has 0 aliphatic carbocycles. The fourth-order valence-corrected chi connectivity index (χ4v) is 2.20. The van der Waals surface area contributed by atoms with E-state index in [0.717, 1.165) is 13.0 Å². The van der Waals surface area contributed by atoms with Crippen LogP contribution in [0.5, 0.6) is 0 Å². The first-order valence-electron chi connectivity index (χ1n) is 7.01. The molecule has 2 heteroatoms. The second-order valence-electron chi connectivity index (χ2n) is 5.99. The molecule has 1 unspecified atom stereocenters. The van der Waals surface area contributed by atoms with Crippen LogP contribution in [0.4, 0.5) is 5.69 Å². The van der Waals surface area contributed by atoms with Gasteiger partial charge in [-0.3, -0.25) is 0 Å². The largest absolute Gasteiger partial charge is 0.369 e. The molecule has 0 aliphatic rings. The minimum Gasteiger partial charge on any atom is -0.369 e. The molecule has 0 amide bonds. The summed E-state index contributed by atoms with van der Waals surface area (Å²) < 4.78 is 0. The third-order valence-corrected chi connectivity index (χ3v) is 3.01. The van der Waals surface area contributed by atoms with Crippen LogP contribution in [0.1, 0.15) is 40.2 Å². The lowest BCUT2D eigenvalue weighted by atomic mass is 10.1. The van der Waals surface area contributed by atoms with E-state index < -0.39 is 0 Å². The quantitative estimate of drug-likeness (QED) is 0.835. The van der Waals surface area contributed by atoms with Gasteiger partial charge >= 0.3 is 0 Å². The van der Waals surface area contributed by atoms with Crippen molar-refractivity contribution in [2.75, 3.05) is 11.4 Å². The highest BCUT2D eigenvalue weighted by Gasteiger charge is 2.12. The van der Waals surface area contributed by atoms with Gasteiger partial charge in [-0.2, -0.15) is 0 Å². The number of nitrogens with zero attached hydrogens (tertiary/aromatic N) is 1. The van der Waals surface area contributed by atoms with E-state index in [-0.39, 0.29) is 6.04 Å². The van der Waals surface area contributed by atoms with E-state index in [9.17, 15) is 0 Å². The molecule has 0 saturated carbocycles. The highest BCUT2D eigenvalue weighted by Crippen LogP contribution is 2.20. The lowest BCUT2D eigenvalue weighted by molar-refractivity contribution is 0.571. The molecule has 1 aromatic rings. The predicted octanol–water partition coefficient (Wildman–Crippen LogP) is 3.45. The summed E-state index contributed by atoms with van der Waals surface area (Å²) in [7, 11) is 0. The van der Waals surface area contributed by atoms with Crippen molar-refractivity contribution in [1.82, 2.24) is 0 Å². The topological polar surface area (TPSA) is 29.3 Å². The molecule has 0 aromatic heterocycles. The minimum absolute atomic E-state index is 0.229. The second kappa shape index (κ2) is 6.79. The van der Waals surface area contributed by atoms with E-state index in [1.807, 2.05) is 6.92 Å². The summed E-state index contributed by atoms with van der Waals surface area (Å²) in [4.78, 5) is 2.46. The van der Waals surface area contributed by atoms with Gasteiger partial charge < -0.3 is 10.6 Å². The van der Waals surface area contributed by atoms with Gasteiger partial charge in [0.05, 0.1) is 0 Å². The second-order valence-corrected chi connectivity index (χ2v) is 5.99. The van der Waals surface area contributed by atoms with Crippen LogP contribution >= 0.6 is 0 Å². The SMILES string of the molecule is CC(C)CN(c1ccc(CC(C)N)cc1)C(C)C. The maximum absolute atomic E-state index is 5.83. The summed E-state index contributed by atoms with van der Waals surface area (Å²) >= 11 is 0. The Bertz CT molecular complexity index is 339. The molecule has 1 rings (SSSR count). The predicted molar refractivity (Wildman–Crippen MR) is 81.1 cm³/mol. The van der Waals surface area contributed by atoms with Crippen molar-refractivity contribution in [3.8, 4) is 0 Å². The number of hydrogen-bond donors (Lipinski definition) is 1. The molecule has 1 atom stereocenters. The van der Waals surface area contributed by atoms with Crippen LogP contribution in [0.2, 0.25) is 0 Å². The molecule has 0 aliphatic heterocycles. The van der Waals surface area contributed by atoms with Crippen LogP contribution in [-0.4, -0.2) is 18.6 Å². The average Bonchev–Trinajstić information content (AvgIpc) is 2.26. The highest BCUT2D eigenvalue weighted by molar-refractivity contribution is 5.48. The van der Waals surface area contributed by atoms with Gasteiger partial charge in [-0.1, -0.05) is 26.0 Å². The van der Waals surface area contributed by atoms with Crippen LogP contribution in [-0.2, 0) is 6.42 Å². The number of hydrogen-bond acceptors (Lipinski definition) is 2. The minimum atomic E-state index is 0.229. The van der Waals surface area contributed by atoms with Gasteiger partial charge in [0, 0.05) is 24.3 Å². The fraction of sp³-hybridized carbons (Fsp3) is 0.625. The van der Waals surface area contributed by atoms with Crippen LogP contribution in [0.25, 0.3) is 0 Å². The zero-order valence-corrected chi connectivity index (χ0v) is 12.5. The van der Waals surface area contributed by atoms with E-state index in [1.165, 1.54) is 11.3 Å². The summed E-state index contributed by atoms with van der Waals surface area (Å²) in [6, 6.07) is 9.61. The van der Waals surface area contributed by atoms with Crippen molar-refractivity contribution in [3.05, 3.63) is 29.8 Å². The van der Waals surface area contributed by atoms with E-state index in [0.29, 0.717) is 12.0 Å². The molecule has 0 heterocycles. The first kappa shape index (κ1) is 15.0. The molecule has 0 radical (unpaired) electrons. The molecule has 102 valence electrons. The molecule has 18 heavy (non-hydrogen) atoms. The standard InChI is InChI=1S/C16H28N2/c1-12(2)11-18(13(3)4)16-8-6-15(7-9-16)10-14(5)17/h6-9,12-14H,10-11,17H2,1-5H3.